The van der Waals surface area contributed by atoms with Gasteiger partial charge in [-0.1, -0.05) is 0 Å². The molecule has 0 spiro atoms. The van der Waals surface area contributed by atoms with Gasteiger partial charge < -0.3 is 15.0 Å². The number of halogens is 2. The molecule has 1 aromatic heterocycles. The van der Waals surface area contributed by atoms with Gasteiger partial charge in [-0.25, -0.2) is 8.78 Å². The van der Waals surface area contributed by atoms with E-state index in [4.69, 9.17) is 4.74 Å². The smallest absolute Gasteiger partial charge is 0.140 e. The summed E-state index contributed by atoms with van der Waals surface area (Å²) in [7, 11) is 0. The van der Waals surface area contributed by atoms with E-state index in [1.54, 1.807) is 0 Å². The third kappa shape index (κ3) is 4.66. The molecule has 2 fully saturated rings. The van der Waals surface area contributed by atoms with E-state index in [0.29, 0.717) is 23.8 Å². The number of aromatic nitrogens is 2. The van der Waals surface area contributed by atoms with E-state index in [-0.39, 0.29) is 5.75 Å². The maximum atomic E-state index is 14.0. The summed E-state index contributed by atoms with van der Waals surface area (Å²) in [5.41, 5.74) is 3.94. The number of nitrogens with zero attached hydrogens (tertiary/aromatic N) is 3. The summed E-state index contributed by atoms with van der Waals surface area (Å²) in [5, 5.41) is 8.07. The van der Waals surface area contributed by atoms with Gasteiger partial charge in [0.25, 0.3) is 0 Å². The minimum Gasteiger partial charge on any atom is -0.456 e. The number of benzene rings is 2. The molecule has 3 aromatic rings. The van der Waals surface area contributed by atoms with Crippen molar-refractivity contribution in [1.82, 2.24) is 15.1 Å². The van der Waals surface area contributed by atoms with Crippen molar-refractivity contribution in [2.24, 2.45) is 5.92 Å². The van der Waals surface area contributed by atoms with E-state index in [0.717, 1.165) is 67.2 Å². The normalized spacial score (nSPS) is 20.7. The van der Waals surface area contributed by atoms with Gasteiger partial charge in [0.2, 0.25) is 0 Å². The zero-order valence-corrected chi connectivity index (χ0v) is 19.9. The lowest BCUT2D eigenvalue weighted by Gasteiger charge is -2.37. The van der Waals surface area contributed by atoms with Crippen molar-refractivity contribution in [3.05, 3.63) is 66.5 Å². The first kappa shape index (κ1) is 22.5. The van der Waals surface area contributed by atoms with Crippen LogP contribution in [0.2, 0.25) is 0 Å². The van der Waals surface area contributed by atoms with Crippen molar-refractivity contribution < 1.29 is 13.5 Å². The number of rotatable bonds is 6. The Bertz CT molecular complexity index is 1200. The molecule has 5 nitrogen and oxygen atoms in total. The molecule has 0 unspecified atom stereocenters. The fraction of sp³-hybridized carbons (Fsp3) is 0.429. The number of nitrogens with one attached hydrogen (secondary N) is 1. The Morgan fingerprint density at radius 3 is 2.54 bits per heavy atom. The van der Waals surface area contributed by atoms with Crippen LogP contribution in [-0.2, 0) is 6.42 Å². The monoisotopic (exact) mass is 476 g/mol. The van der Waals surface area contributed by atoms with Gasteiger partial charge in [-0.05, 0) is 76.6 Å². The summed E-state index contributed by atoms with van der Waals surface area (Å²) < 4.78 is 36.4. The zero-order valence-electron chi connectivity index (χ0n) is 19.9. The predicted molar refractivity (Wildman–Crippen MR) is 131 cm³/mol. The van der Waals surface area contributed by atoms with E-state index >= 15 is 0 Å². The minimum atomic E-state index is -0.657. The molecule has 1 aliphatic carbocycles. The van der Waals surface area contributed by atoms with Gasteiger partial charge in [0.1, 0.15) is 23.1 Å². The maximum Gasteiger partial charge on any atom is 0.140 e. The number of piperidine rings is 1. The maximum absolute atomic E-state index is 14.0. The van der Waals surface area contributed by atoms with Crippen LogP contribution in [0.4, 0.5) is 14.5 Å². The average Bonchev–Trinajstić information content (AvgIpc) is 3.53. The molecule has 2 aromatic carbocycles. The summed E-state index contributed by atoms with van der Waals surface area (Å²) in [5.74, 6) is -0.00509. The van der Waals surface area contributed by atoms with Crippen LogP contribution in [0, 0.1) is 24.1 Å². The topological polar surface area (TPSA) is 42.3 Å². The van der Waals surface area contributed by atoms with E-state index in [2.05, 4.69) is 41.0 Å². The van der Waals surface area contributed by atoms with Gasteiger partial charge in [-0.3, -0.25) is 4.68 Å². The van der Waals surface area contributed by atoms with Gasteiger partial charge in [0, 0.05) is 52.8 Å². The first-order chi connectivity index (χ1) is 17.0. The van der Waals surface area contributed by atoms with Crippen LogP contribution in [0.15, 0.2) is 42.7 Å². The number of hydrogen-bond donors (Lipinski definition) is 1. The molecule has 1 saturated carbocycles. The summed E-state index contributed by atoms with van der Waals surface area (Å²) in [6, 6.07) is 8.22. The van der Waals surface area contributed by atoms with Crippen molar-refractivity contribution in [2.75, 3.05) is 18.0 Å². The van der Waals surface area contributed by atoms with Gasteiger partial charge >= 0.3 is 0 Å². The molecular formula is C28H30F2N4O. The molecule has 0 bridgehead atoms. The lowest BCUT2D eigenvalue weighted by molar-refractivity contribution is 0.343. The van der Waals surface area contributed by atoms with Crippen LogP contribution in [0.3, 0.4) is 0 Å². The third-order valence-electron chi connectivity index (χ3n) is 7.30. The molecule has 1 atom stereocenters. The highest BCUT2D eigenvalue weighted by atomic mass is 19.1. The summed E-state index contributed by atoms with van der Waals surface area (Å²) in [6.07, 6.45) is 10.2. The molecule has 2 radical (unpaired) electrons. The van der Waals surface area contributed by atoms with Crippen LogP contribution < -0.4 is 15.0 Å². The molecule has 3 heterocycles. The van der Waals surface area contributed by atoms with Gasteiger partial charge in [0.15, 0.2) is 0 Å². The Labute approximate surface area is 205 Å². The van der Waals surface area contributed by atoms with Crippen molar-refractivity contribution in [3.63, 3.8) is 0 Å². The second-order valence-electron chi connectivity index (χ2n) is 10.00. The Balaban J connectivity index is 1.42. The highest BCUT2D eigenvalue weighted by Gasteiger charge is 2.33. The Hall–Kier alpha value is -2.93. The fourth-order valence-corrected chi connectivity index (χ4v) is 5.21. The first-order valence-corrected chi connectivity index (χ1v) is 12.7. The molecule has 3 aliphatic rings. The number of ether oxygens (including phenoxy) is 1. The van der Waals surface area contributed by atoms with E-state index in [9.17, 15) is 8.78 Å². The zero-order chi connectivity index (χ0) is 23.9. The number of fused-ring (bicyclic) bond motifs is 1. The van der Waals surface area contributed by atoms with Gasteiger partial charge in [-0.15, -0.1) is 0 Å². The van der Waals surface area contributed by atoms with E-state index in [1.807, 2.05) is 16.9 Å². The number of hydrogen-bond acceptors (Lipinski definition) is 4. The lowest BCUT2D eigenvalue weighted by atomic mass is 9.92. The number of anilines is 1. The van der Waals surface area contributed by atoms with Crippen LogP contribution >= 0.6 is 0 Å². The van der Waals surface area contributed by atoms with Crippen molar-refractivity contribution in [3.8, 4) is 22.6 Å². The Kier molecular flexibility index (Phi) is 5.96. The quantitative estimate of drug-likeness (QED) is 0.464. The molecule has 7 heteroatoms. The van der Waals surface area contributed by atoms with Crippen LogP contribution in [0.1, 0.15) is 50.6 Å². The van der Waals surface area contributed by atoms with Crippen molar-refractivity contribution in [2.45, 2.75) is 57.5 Å². The first-order valence-electron chi connectivity index (χ1n) is 12.7. The van der Waals surface area contributed by atoms with Crippen LogP contribution in [0.25, 0.3) is 11.1 Å². The highest BCUT2D eigenvalue weighted by molar-refractivity contribution is 5.78. The molecule has 0 amide bonds. The highest BCUT2D eigenvalue weighted by Crippen LogP contribution is 2.47. The molecule has 1 N–H and O–H groups in total. The van der Waals surface area contributed by atoms with Crippen molar-refractivity contribution in [1.29, 1.82) is 0 Å². The van der Waals surface area contributed by atoms with Gasteiger partial charge in [0.05, 0.1) is 18.8 Å². The van der Waals surface area contributed by atoms with Crippen LogP contribution in [0.5, 0.6) is 11.5 Å². The SMILES string of the molecule is C[C@H]1CCc2c(ccc(-c3cnn(C4CCNCC4)c3)c2Oc2cc(F)cc(F)c2)N1[C]C1CC1. The molecular weight excluding hydrogens is 446 g/mol. The Morgan fingerprint density at radius 2 is 1.80 bits per heavy atom. The predicted octanol–water partition coefficient (Wildman–Crippen LogP) is 6.13. The lowest BCUT2D eigenvalue weighted by Crippen LogP contribution is -2.35. The van der Waals surface area contributed by atoms with Crippen molar-refractivity contribution >= 4 is 5.69 Å². The fourth-order valence-electron chi connectivity index (χ4n) is 5.21. The molecule has 1 saturated heterocycles. The Morgan fingerprint density at radius 1 is 1.03 bits per heavy atom. The van der Waals surface area contributed by atoms with E-state index < -0.39 is 11.6 Å². The summed E-state index contributed by atoms with van der Waals surface area (Å²) in [6.45, 7) is 7.84. The average molecular weight is 477 g/mol. The second kappa shape index (κ2) is 9.26. The molecule has 6 rings (SSSR count). The minimum absolute atomic E-state index is 0.156. The summed E-state index contributed by atoms with van der Waals surface area (Å²) in [4.78, 5) is 2.25. The van der Waals surface area contributed by atoms with E-state index in [1.165, 1.54) is 25.0 Å². The summed E-state index contributed by atoms with van der Waals surface area (Å²) >= 11 is 0. The molecule has 35 heavy (non-hydrogen) atoms. The van der Waals surface area contributed by atoms with Gasteiger partial charge in [-0.2, -0.15) is 5.10 Å². The molecule has 2 aliphatic heterocycles. The third-order valence-corrected chi connectivity index (χ3v) is 7.30. The van der Waals surface area contributed by atoms with Crippen LogP contribution in [-0.4, -0.2) is 28.9 Å². The largest absolute Gasteiger partial charge is 0.456 e. The molecule has 182 valence electrons. The second-order valence-corrected chi connectivity index (χ2v) is 10.00. The standard InChI is InChI=1S/C28H30F2N4O/c1-18-2-5-26-27(33(18)16-19-3-4-19)7-6-25(28(26)35-24-13-21(29)12-22(30)14-24)20-15-32-34(17-20)23-8-10-31-11-9-23/h6-7,12-15,17-19,23,31H,2-5,8-11H2,1H3/t18-/m0/s1.